The largest absolute Gasteiger partial charge is 0.453 e. The van der Waals surface area contributed by atoms with E-state index in [1.807, 2.05) is 26.8 Å². The molecule has 0 aliphatic carbocycles. The molecular weight excluding hydrogens is 463 g/mol. The average molecular weight is 489 g/mol. The summed E-state index contributed by atoms with van der Waals surface area (Å²) in [4.78, 5) is 5.54. The van der Waals surface area contributed by atoms with Gasteiger partial charge in [0.05, 0.1) is 11.4 Å². The van der Waals surface area contributed by atoms with Crippen LogP contribution in [0.15, 0.2) is 54.6 Å². The van der Waals surface area contributed by atoms with Crippen LogP contribution in [0.2, 0.25) is 0 Å². The maximum Gasteiger partial charge on any atom is 0.453 e. The van der Waals surface area contributed by atoms with Gasteiger partial charge in [-0.1, -0.05) is 45.1 Å². The van der Waals surface area contributed by atoms with Crippen molar-refractivity contribution in [1.82, 2.24) is 14.8 Å². The van der Waals surface area contributed by atoms with E-state index >= 15 is 4.39 Å². The molecule has 1 aromatic heterocycles. The Morgan fingerprint density at radius 1 is 1.06 bits per heavy atom. The number of rotatable bonds is 5. The monoisotopic (exact) mass is 488 g/mol. The minimum atomic E-state index is -4.69. The number of aromatic nitrogens is 3. The van der Waals surface area contributed by atoms with Crippen LogP contribution in [0.5, 0.6) is 0 Å². The van der Waals surface area contributed by atoms with E-state index in [0.717, 1.165) is 10.7 Å². The quantitative estimate of drug-likeness (QED) is 0.367. The molecule has 0 atom stereocenters. The number of allylic oxidation sites excluding steroid dienone is 2. The molecule has 184 valence electrons. The third-order valence-corrected chi connectivity index (χ3v) is 6.35. The molecule has 1 aliphatic heterocycles. The van der Waals surface area contributed by atoms with Crippen LogP contribution in [-0.2, 0) is 18.6 Å². The molecule has 9 heteroatoms. The zero-order valence-electron chi connectivity index (χ0n) is 19.8. The van der Waals surface area contributed by atoms with Crippen LogP contribution in [0.25, 0.3) is 17.1 Å². The van der Waals surface area contributed by atoms with Crippen LogP contribution in [0.4, 0.5) is 27.6 Å². The van der Waals surface area contributed by atoms with Gasteiger partial charge in [-0.05, 0) is 41.7 Å². The second kappa shape index (κ2) is 8.94. The van der Waals surface area contributed by atoms with Crippen LogP contribution < -0.4 is 4.90 Å². The summed E-state index contributed by atoms with van der Waals surface area (Å²) in [7, 11) is 1.39. The molecule has 2 heterocycles. The molecule has 4 nitrogen and oxygen atoms in total. The molecule has 0 spiro atoms. The number of anilines is 1. The number of aryl methyl sites for hydroxylation is 1. The lowest BCUT2D eigenvalue weighted by Crippen LogP contribution is -2.28. The second-order valence-corrected chi connectivity index (χ2v) is 9.04. The van der Waals surface area contributed by atoms with Gasteiger partial charge in [-0.3, -0.25) is 0 Å². The fourth-order valence-corrected chi connectivity index (χ4v) is 4.16. The van der Waals surface area contributed by atoms with E-state index < -0.39 is 29.1 Å². The van der Waals surface area contributed by atoms with Crippen LogP contribution in [0.1, 0.15) is 44.1 Å². The first kappa shape index (κ1) is 24.6. The van der Waals surface area contributed by atoms with Gasteiger partial charge in [0.1, 0.15) is 11.6 Å². The van der Waals surface area contributed by atoms with Gasteiger partial charge in [-0.15, -0.1) is 5.10 Å². The first-order chi connectivity index (χ1) is 16.4. The normalized spacial score (nSPS) is 14.4. The highest BCUT2D eigenvalue weighted by atomic mass is 19.4. The molecule has 0 unspecified atom stereocenters. The predicted octanol–water partition coefficient (Wildman–Crippen LogP) is 6.88. The summed E-state index contributed by atoms with van der Waals surface area (Å²) in [6.07, 6.45) is 1.31. The van der Waals surface area contributed by atoms with E-state index in [1.165, 1.54) is 13.1 Å². The lowest BCUT2D eigenvalue weighted by molar-refractivity contribution is -0.144. The Hall–Kier alpha value is -3.49. The maximum atomic E-state index is 15.4. The van der Waals surface area contributed by atoms with Crippen molar-refractivity contribution in [1.29, 1.82) is 0 Å². The summed E-state index contributed by atoms with van der Waals surface area (Å²) in [5.41, 5.74) is 1.64. The van der Waals surface area contributed by atoms with Gasteiger partial charge in [0.15, 0.2) is 5.82 Å². The number of hydrogen-bond donors (Lipinski definition) is 0. The van der Waals surface area contributed by atoms with Crippen molar-refractivity contribution in [3.05, 3.63) is 83.2 Å². The summed E-state index contributed by atoms with van der Waals surface area (Å²) in [5.74, 6) is -2.59. The van der Waals surface area contributed by atoms with E-state index in [9.17, 15) is 17.6 Å². The zero-order valence-corrected chi connectivity index (χ0v) is 19.8. The molecule has 1 aliphatic rings. The fraction of sp³-hybridized carbons (Fsp3) is 0.308. The highest BCUT2D eigenvalue weighted by Crippen LogP contribution is 2.41. The Kier molecular flexibility index (Phi) is 6.29. The Bertz CT molecular complexity index is 1320. The van der Waals surface area contributed by atoms with Crippen molar-refractivity contribution < 1.29 is 22.0 Å². The van der Waals surface area contributed by atoms with E-state index in [1.54, 1.807) is 41.3 Å². The first-order valence-corrected chi connectivity index (χ1v) is 11.2. The highest BCUT2D eigenvalue weighted by molar-refractivity contribution is 5.89. The van der Waals surface area contributed by atoms with Crippen molar-refractivity contribution >= 4 is 11.4 Å². The predicted molar refractivity (Wildman–Crippen MR) is 126 cm³/mol. The lowest BCUT2D eigenvalue weighted by atomic mass is 9.78. The fourth-order valence-electron chi connectivity index (χ4n) is 4.16. The molecule has 0 amide bonds. The molecule has 4 rings (SSSR count). The van der Waals surface area contributed by atoms with Gasteiger partial charge in [0.2, 0.25) is 0 Å². The highest BCUT2D eigenvalue weighted by Gasteiger charge is 2.37. The lowest BCUT2D eigenvalue weighted by Gasteiger charge is -2.34. The Morgan fingerprint density at radius 2 is 1.77 bits per heavy atom. The number of alkyl halides is 3. The van der Waals surface area contributed by atoms with Crippen molar-refractivity contribution in [2.45, 2.75) is 38.8 Å². The number of para-hydroxylation sites is 1. The topological polar surface area (TPSA) is 34.0 Å². The van der Waals surface area contributed by atoms with Gasteiger partial charge in [-0.25, -0.2) is 18.4 Å². The maximum absolute atomic E-state index is 15.4. The van der Waals surface area contributed by atoms with Crippen LogP contribution in [0.3, 0.4) is 0 Å². The zero-order chi connectivity index (χ0) is 25.5. The van der Waals surface area contributed by atoms with Crippen molar-refractivity contribution in [3.63, 3.8) is 0 Å². The van der Waals surface area contributed by atoms with E-state index in [0.29, 0.717) is 35.5 Å². The molecule has 0 radical (unpaired) electrons. The van der Waals surface area contributed by atoms with Crippen LogP contribution in [-0.4, -0.2) is 21.3 Å². The molecule has 35 heavy (non-hydrogen) atoms. The SMILES string of the molecule is CCC(C)(C)c1cc(F)cc(F)c1C1=CC=CCN1c1ccccc1-c1nc(C(F)(F)F)nn1C. The molecule has 2 aromatic carbocycles. The second-order valence-electron chi connectivity index (χ2n) is 9.04. The Labute approximate surface area is 200 Å². The smallest absolute Gasteiger partial charge is 0.336 e. The Morgan fingerprint density at radius 3 is 2.43 bits per heavy atom. The van der Waals surface area contributed by atoms with Gasteiger partial charge >= 0.3 is 6.18 Å². The number of hydrogen-bond acceptors (Lipinski definition) is 3. The molecule has 0 bridgehead atoms. The molecule has 0 saturated heterocycles. The van der Waals surface area contributed by atoms with Crippen molar-refractivity contribution in [3.8, 4) is 11.4 Å². The molecule has 0 saturated carbocycles. The molecule has 3 aromatic rings. The minimum absolute atomic E-state index is 0.0236. The minimum Gasteiger partial charge on any atom is -0.336 e. The average Bonchev–Trinajstić information content (AvgIpc) is 3.21. The Balaban J connectivity index is 1.91. The number of nitrogens with zero attached hydrogens (tertiary/aromatic N) is 4. The van der Waals surface area contributed by atoms with Gasteiger partial charge < -0.3 is 4.90 Å². The summed E-state index contributed by atoms with van der Waals surface area (Å²) < 4.78 is 70.6. The standard InChI is InChI=1S/C26H25F5N4/c1-5-25(2,3)18-14-16(27)15-19(28)22(18)21-12-8-9-13-35(21)20-11-7-6-10-17(20)23-32-24(26(29,30)31)33-34(23)4/h6-12,14-15H,5,13H2,1-4H3. The third-order valence-electron chi connectivity index (χ3n) is 6.35. The molecular formula is C26H25F5N4. The van der Waals surface area contributed by atoms with Crippen molar-refractivity contribution in [2.24, 2.45) is 7.05 Å². The first-order valence-electron chi connectivity index (χ1n) is 11.2. The third kappa shape index (κ3) is 4.59. The number of benzene rings is 2. The van der Waals surface area contributed by atoms with Crippen LogP contribution in [0, 0.1) is 11.6 Å². The summed E-state index contributed by atoms with van der Waals surface area (Å²) in [6.45, 7) is 6.11. The van der Waals surface area contributed by atoms with Crippen molar-refractivity contribution in [2.75, 3.05) is 11.4 Å². The molecule has 0 N–H and O–H groups in total. The number of halogens is 5. The van der Waals surface area contributed by atoms with Crippen LogP contribution >= 0.6 is 0 Å². The van der Waals surface area contributed by atoms with Gasteiger partial charge in [0.25, 0.3) is 5.82 Å². The molecule has 0 fully saturated rings. The van der Waals surface area contributed by atoms with Gasteiger partial charge in [0, 0.05) is 30.8 Å². The van der Waals surface area contributed by atoms with E-state index in [4.69, 9.17) is 0 Å². The summed E-state index contributed by atoms with van der Waals surface area (Å²) in [5, 5.41) is 3.53. The van der Waals surface area contributed by atoms with Gasteiger partial charge in [-0.2, -0.15) is 13.2 Å². The van der Waals surface area contributed by atoms with E-state index in [2.05, 4.69) is 10.1 Å². The summed E-state index contributed by atoms with van der Waals surface area (Å²) >= 11 is 0. The summed E-state index contributed by atoms with van der Waals surface area (Å²) in [6, 6.07) is 9.01. The van der Waals surface area contributed by atoms with E-state index in [-0.39, 0.29) is 11.4 Å².